The fourth-order valence-electron chi connectivity index (χ4n) is 3.12. The summed E-state index contributed by atoms with van der Waals surface area (Å²) in [5.41, 5.74) is 0. The average molecular weight is 438 g/mol. The topological polar surface area (TPSA) is 48.9 Å². The minimum absolute atomic E-state index is 0. The summed E-state index contributed by atoms with van der Waals surface area (Å²) in [6.45, 7) is 10.4. The first kappa shape index (κ1) is 21.0. The maximum absolute atomic E-state index is 5.47. The van der Waals surface area contributed by atoms with Crippen LogP contribution < -0.4 is 10.6 Å². The van der Waals surface area contributed by atoms with E-state index in [9.17, 15) is 0 Å². The molecule has 0 bridgehead atoms. The lowest BCUT2D eigenvalue weighted by atomic mass is 10.0. The Bertz CT molecular complexity index is 341. The molecule has 0 spiro atoms. The minimum atomic E-state index is 0. The van der Waals surface area contributed by atoms with Gasteiger partial charge in [0.1, 0.15) is 0 Å². The normalized spacial score (nSPS) is 21.0. The molecule has 1 saturated carbocycles. The molecule has 1 aliphatic heterocycles. The van der Waals surface area contributed by atoms with Crippen LogP contribution in [0.5, 0.6) is 0 Å². The van der Waals surface area contributed by atoms with Crippen LogP contribution in [0.1, 0.15) is 39.5 Å². The van der Waals surface area contributed by atoms with Crippen molar-refractivity contribution in [1.29, 1.82) is 0 Å². The van der Waals surface area contributed by atoms with E-state index in [4.69, 9.17) is 4.74 Å². The van der Waals surface area contributed by atoms with Crippen molar-refractivity contribution in [1.82, 2.24) is 15.5 Å². The van der Waals surface area contributed by atoms with E-state index in [2.05, 4.69) is 34.4 Å². The zero-order valence-corrected chi connectivity index (χ0v) is 17.3. The van der Waals surface area contributed by atoms with E-state index in [0.717, 1.165) is 51.3 Å². The Balaban J connectivity index is 0.00000264. The molecule has 136 valence electrons. The van der Waals surface area contributed by atoms with Crippen molar-refractivity contribution in [3.63, 3.8) is 0 Å². The first-order valence-corrected chi connectivity index (χ1v) is 8.97. The Morgan fingerprint density at radius 2 is 1.91 bits per heavy atom. The Hall–Kier alpha value is -0.0800. The third kappa shape index (κ3) is 8.03. The number of ether oxygens (including phenoxy) is 1. The Morgan fingerprint density at radius 3 is 2.48 bits per heavy atom. The molecule has 6 heteroatoms. The Kier molecular flexibility index (Phi) is 10.5. The smallest absolute Gasteiger partial charge is 0.191 e. The summed E-state index contributed by atoms with van der Waals surface area (Å²) >= 11 is 0. The standard InChI is InChI=1S/C17H34N4O.HI/c1-14(2)16(21-9-11-22-12-10-21)13-20-17(18-3)19-8-4-5-15-6-7-15;/h14-16H,4-13H2,1-3H3,(H2,18,19,20);1H. The molecule has 0 aromatic heterocycles. The van der Waals surface area contributed by atoms with Gasteiger partial charge >= 0.3 is 0 Å². The second kappa shape index (κ2) is 11.5. The maximum atomic E-state index is 5.47. The number of nitrogens with one attached hydrogen (secondary N) is 2. The average Bonchev–Trinajstić information content (AvgIpc) is 3.34. The van der Waals surface area contributed by atoms with Gasteiger partial charge in [0.2, 0.25) is 0 Å². The van der Waals surface area contributed by atoms with Crippen LogP contribution in [0.3, 0.4) is 0 Å². The van der Waals surface area contributed by atoms with Gasteiger partial charge < -0.3 is 15.4 Å². The highest BCUT2D eigenvalue weighted by Gasteiger charge is 2.24. The van der Waals surface area contributed by atoms with Gasteiger partial charge in [-0.25, -0.2) is 0 Å². The van der Waals surface area contributed by atoms with E-state index in [1.807, 2.05) is 7.05 Å². The molecule has 2 aliphatic rings. The highest BCUT2D eigenvalue weighted by Crippen LogP contribution is 2.33. The predicted octanol–water partition coefficient (Wildman–Crippen LogP) is 2.32. The van der Waals surface area contributed by atoms with Crippen molar-refractivity contribution in [2.75, 3.05) is 46.4 Å². The molecule has 0 aromatic rings. The molecule has 0 amide bonds. The maximum Gasteiger partial charge on any atom is 0.191 e. The van der Waals surface area contributed by atoms with E-state index in [0.29, 0.717) is 12.0 Å². The van der Waals surface area contributed by atoms with Crippen LogP contribution in [-0.4, -0.2) is 63.3 Å². The number of rotatable bonds is 8. The van der Waals surface area contributed by atoms with Gasteiger partial charge in [-0.1, -0.05) is 26.7 Å². The van der Waals surface area contributed by atoms with Crippen molar-refractivity contribution in [2.45, 2.75) is 45.6 Å². The molecule has 0 aromatic carbocycles. The lowest BCUT2D eigenvalue weighted by Gasteiger charge is -2.37. The molecular formula is C17H35IN4O. The lowest BCUT2D eigenvalue weighted by Crippen LogP contribution is -2.52. The second-order valence-electron chi connectivity index (χ2n) is 6.93. The summed E-state index contributed by atoms with van der Waals surface area (Å²) in [7, 11) is 1.86. The SMILES string of the molecule is CN=C(NCCCC1CC1)NCC(C(C)C)N1CCOCC1.I. The second-order valence-corrected chi connectivity index (χ2v) is 6.93. The van der Waals surface area contributed by atoms with E-state index in [1.54, 1.807) is 0 Å². The van der Waals surface area contributed by atoms with Crippen LogP contribution in [0, 0.1) is 11.8 Å². The van der Waals surface area contributed by atoms with E-state index < -0.39 is 0 Å². The summed E-state index contributed by atoms with van der Waals surface area (Å²) in [6.07, 6.45) is 5.51. The van der Waals surface area contributed by atoms with Crippen LogP contribution in [0.25, 0.3) is 0 Å². The quantitative estimate of drug-likeness (QED) is 0.264. The van der Waals surface area contributed by atoms with Gasteiger partial charge in [0.15, 0.2) is 5.96 Å². The molecule has 1 atom stereocenters. The van der Waals surface area contributed by atoms with E-state index in [1.165, 1.54) is 25.7 Å². The third-order valence-corrected chi connectivity index (χ3v) is 4.77. The Labute approximate surface area is 159 Å². The zero-order chi connectivity index (χ0) is 15.8. The zero-order valence-electron chi connectivity index (χ0n) is 15.0. The highest BCUT2D eigenvalue weighted by atomic mass is 127. The van der Waals surface area contributed by atoms with Gasteiger partial charge in [0, 0.05) is 39.3 Å². The molecule has 1 aliphatic carbocycles. The van der Waals surface area contributed by atoms with Crippen molar-refractivity contribution < 1.29 is 4.74 Å². The molecule has 2 fully saturated rings. The first-order valence-electron chi connectivity index (χ1n) is 8.97. The van der Waals surface area contributed by atoms with Gasteiger partial charge in [0.25, 0.3) is 0 Å². The molecule has 23 heavy (non-hydrogen) atoms. The van der Waals surface area contributed by atoms with Crippen molar-refractivity contribution in [3.8, 4) is 0 Å². The summed E-state index contributed by atoms with van der Waals surface area (Å²) in [6, 6.07) is 0.536. The Morgan fingerprint density at radius 1 is 1.22 bits per heavy atom. The number of hydrogen-bond acceptors (Lipinski definition) is 3. The predicted molar refractivity (Wildman–Crippen MR) is 108 cm³/mol. The van der Waals surface area contributed by atoms with Crippen molar-refractivity contribution in [3.05, 3.63) is 0 Å². The van der Waals surface area contributed by atoms with Crippen LogP contribution in [0.2, 0.25) is 0 Å². The van der Waals surface area contributed by atoms with Gasteiger partial charge in [-0.2, -0.15) is 0 Å². The summed E-state index contributed by atoms with van der Waals surface area (Å²) in [5, 5.41) is 6.95. The lowest BCUT2D eigenvalue weighted by molar-refractivity contribution is 0.00752. The van der Waals surface area contributed by atoms with Crippen molar-refractivity contribution in [2.24, 2.45) is 16.8 Å². The number of halogens is 1. The van der Waals surface area contributed by atoms with Gasteiger partial charge in [-0.3, -0.25) is 9.89 Å². The molecule has 1 unspecified atom stereocenters. The van der Waals surface area contributed by atoms with E-state index >= 15 is 0 Å². The number of aliphatic imine (C=N–C) groups is 1. The fraction of sp³-hybridized carbons (Fsp3) is 0.941. The summed E-state index contributed by atoms with van der Waals surface area (Å²) in [4.78, 5) is 6.89. The monoisotopic (exact) mass is 438 g/mol. The molecule has 2 N–H and O–H groups in total. The molecule has 5 nitrogen and oxygen atoms in total. The van der Waals surface area contributed by atoms with Crippen molar-refractivity contribution >= 4 is 29.9 Å². The number of morpholine rings is 1. The largest absolute Gasteiger partial charge is 0.379 e. The van der Waals surface area contributed by atoms with Gasteiger partial charge in [0.05, 0.1) is 13.2 Å². The first-order chi connectivity index (χ1) is 10.7. The summed E-state index contributed by atoms with van der Waals surface area (Å²) < 4.78 is 5.47. The fourth-order valence-corrected chi connectivity index (χ4v) is 3.12. The highest BCUT2D eigenvalue weighted by molar-refractivity contribution is 14.0. The third-order valence-electron chi connectivity index (χ3n) is 4.77. The molecule has 0 radical (unpaired) electrons. The number of guanidine groups is 1. The van der Waals surface area contributed by atoms with Crippen LogP contribution in [0.4, 0.5) is 0 Å². The van der Waals surface area contributed by atoms with Crippen LogP contribution in [0.15, 0.2) is 4.99 Å². The molecule has 1 heterocycles. The van der Waals surface area contributed by atoms with Gasteiger partial charge in [-0.15, -0.1) is 24.0 Å². The minimum Gasteiger partial charge on any atom is -0.379 e. The molecular weight excluding hydrogens is 403 g/mol. The van der Waals surface area contributed by atoms with Crippen LogP contribution in [-0.2, 0) is 4.74 Å². The molecule has 2 rings (SSSR count). The number of hydrogen-bond donors (Lipinski definition) is 2. The van der Waals surface area contributed by atoms with Crippen LogP contribution >= 0.6 is 24.0 Å². The van der Waals surface area contributed by atoms with Gasteiger partial charge in [-0.05, 0) is 24.7 Å². The summed E-state index contributed by atoms with van der Waals surface area (Å²) in [5.74, 6) is 2.58. The van der Waals surface area contributed by atoms with E-state index in [-0.39, 0.29) is 24.0 Å². The number of nitrogens with zero attached hydrogens (tertiary/aromatic N) is 2. The molecule has 1 saturated heterocycles.